The lowest BCUT2D eigenvalue weighted by atomic mass is 9.98. The van der Waals surface area contributed by atoms with Crippen molar-refractivity contribution in [1.82, 2.24) is 4.90 Å². The summed E-state index contributed by atoms with van der Waals surface area (Å²) in [7, 11) is 0. The molecule has 0 fully saturated rings. The first-order chi connectivity index (χ1) is 9.24. The number of nitrogens with zero attached hydrogens (tertiary/aromatic N) is 1. The van der Waals surface area contributed by atoms with Gasteiger partial charge in [-0.1, -0.05) is 31.9 Å². The Balaban J connectivity index is 5.03. The van der Waals surface area contributed by atoms with Gasteiger partial charge in [-0.3, -0.25) is 4.79 Å². The number of carbonyl (C=O) groups excluding carboxylic acids is 1. The zero-order valence-corrected chi connectivity index (χ0v) is 12.3. The maximum atomic E-state index is 14.3. The molecule has 118 valence electrons. The minimum atomic E-state index is -5.21. The van der Waals surface area contributed by atoms with Gasteiger partial charge in [0, 0.05) is 19.5 Å². The summed E-state index contributed by atoms with van der Waals surface area (Å²) in [4.78, 5) is 12.7. The Hall–Kier alpha value is -1.07. The number of unbranched alkanes of at least 4 members (excludes halogenated alkanes) is 2. The molecule has 0 bridgehead atoms. The fraction of sp³-hybridized carbons (Fsp3) is 0.786. The van der Waals surface area contributed by atoms with Crippen LogP contribution in [0.2, 0.25) is 0 Å². The first-order valence-electron chi connectivity index (χ1n) is 6.94. The van der Waals surface area contributed by atoms with Crippen molar-refractivity contribution < 1.29 is 22.4 Å². The normalized spacial score (nSPS) is 15.3. The molecule has 6 heteroatoms. The van der Waals surface area contributed by atoms with E-state index in [0.29, 0.717) is 6.42 Å². The van der Waals surface area contributed by atoms with E-state index >= 15 is 0 Å². The van der Waals surface area contributed by atoms with Crippen molar-refractivity contribution in [2.75, 3.05) is 13.1 Å². The average molecular weight is 297 g/mol. The van der Waals surface area contributed by atoms with Gasteiger partial charge in [-0.15, -0.1) is 0 Å². The van der Waals surface area contributed by atoms with Gasteiger partial charge in [0.05, 0.1) is 0 Å². The monoisotopic (exact) mass is 297 g/mol. The van der Waals surface area contributed by atoms with Crippen molar-refractivity contribution in [1.29, 1.82) is 0 Å². The standard InChI is InChI=1S/C14H23F4NO/c1-4-7-8-9-10-11-13(15,14(16,17)18)12(20)19(5-2)6-3/h9-10H,4-8,11H2,1-3H3/b10-9+. The minimum absolute atomic E-state index is 0.0522. The molecule has 1 atom stereocenters. The molecule has 0 aliphatic heterocycles. The van der Waals surface area contributed by atoms with Crippen LogP contribution in [0, 0.1) is 0 Å². The fourth-order valence-electron chi connectivity index (χ4n) is 1.77. The molecule has 0 aliphatic carbocycles. The summed E-state index contributed by atoms with van der Waals surface area (Å²) in [5, 5.41) is 0. The highest BCUT2D eigenvalue weighted by Crippen LogP contribution is 2.38. The van der Waals surface area contributed by atoms with Crippen LogP contribution in [0.3, 0.4) is 0 Å². The Morgan fingerprint density at radius 1 is 1.05 bits per heavy atom. The number of allylic oxidation sites excluding steroid dienone is 2. The second-order valence-electron chi connectivity index (χ2n) is 4.59. The van der Waals surface area contributed by atoms with Crippen LogP contribution in [0.4, 0.5) is 17.6 Å². The highest BCUT2D eigenvalue weighted by atomic mass is 19.4. The number of amides is 1. The van der Waals surface area contributed by atoms with Crippen LogP contribution in [0.15, 0.2) is 12.2 Å². The number of hydrogen-bond acceptors (Lipinski definition) is 1. The van der Waals surface area contributed by atoms with E-state index in [9.17, 15) is 22.4 Å². The molecule has 0 aromatic heterocycles. The van der Waals surface area contributed by atoms with Gasteiger partial charge in [0.15, 0.2) is 0 Å². The molecule has 20 heavy (non-hydrogen) atoms. The van der Waals surface area contributed by atoms with Gasteiger partial charge in [-0.25, -0.2) is 4.39 Å². The van der Waals surface area contributed by atoms with Gasteiger partial charge in [0.25, 0.3) is 11.6 Å². The molecule has 1 unspecified atom stereocenters. The molecule has 0 aliphatic rings. The smallest absolute Gasteiger partial charge is 0.340 e. The van der Waals surface area contributed by atoms with Gasteiger partial charge < -0.3 is 4.90 Å². The van der Waals surface area contributed by atoms with Crippen LogP contribution in [0.25, 0.3) is 0 Å². The second-order valence-corrected chi connectivity index (χ2v) is 4.59. The Morgan fingerprint density at radius 3 is 2.00 bits per heavy atom. The largest absolute Gasteiger partial charge is 0.432 e. The van der Waals surface area contributed by atoms with E-state index in [0.717, 1.165) is 23.8 Å². The van der Waals surface area contributed by atoms with Crippen LogP contribution in [0.1, 0.15) is 46.5 Å². The molecule has 0 heterocycles. The molecule has 0 saturated heterocycles. The van der Waals surface area contributed by atoms with Crippen molar-refractivity contribution in [2.24, 2.45) is 0 Å². The Bertz CT molecular complexity index is 324. The quantitative estimate of drug-likeness (QED) is 0.372. The van der Waals surface area contributed by atoms with Crippen LogP contribution in [-0.4, -0.2) is 35.7 Å². The van der Waals surface area contributed by atoms with Crippen molar-refractivity contribution in [3.05, 3.63) is 12.2 Å². The summed E-state index contributed by atoms with van der Waals surface area (Å²) in [6.07, 6.45) is -1.24. The zero-order valence-electron chi connectivity index (χ0n) is 12.3. The lowest BCUT2D eigenvalue weighted by Crippen LogP contribution is -2.54. The molecule has 0 N–H and O–H groups in total. The average Bonchev–Trinajstić information content (AvgIpc) is 2.38. The summed E-state index contributed by atoms with van der Waals surface area (Å²) < 4.78 is 53.0. The summed E-state index contributed by atoms with van der Waals surface area (Å²) in [6.45, 7) is 5.10. The summed E-state index contributed by atoms with van der Waals surface area (Å²) in [5.74, 6) is -1.50. The summed E-state index contributed by atoms with van der Waals surface area (Å²) in [5.41, 5.74) is -3.83. The molecule has 0 aromatic rings. The van der Waals surface area contributed by atoms with E-state index in [2.05, 4.69) is 0 Å². The number of alkyl halides is 4. The van der Waals surface area contributed by atoms with E-state index in [1.807, 2.05) is 6.92 Å². The molecule has 1 amide bonds. The third kappa shape index (κ3) is 4.80. The molecule has 0 radical (unpaired) electrons. The van der Waals surface area contributed by atoms with Gasteiger partial charge in [-0.2, -0.15) is 13.2 Å². The summed E-state index contributed by atoms with van der Waals surface area (Å²) >= 11 is 0. The third-order valence-electron chi connectivity index (χ3n) is 3.13. The fourth-order valence-corrected chi connectivity index (χ4v) is 1.77. The third-order valence-corrected chi connectivity index (χ3v) is 3.13. The van der Waals surface area contributed by atoms with Crippen LogP contribution in [-0.2, 0) is 4.79 Å². The van der Waals surface area contributed by atoms with Crippen LogP contribution in [0.5, 0.6) is 0 Å². The number of hydrogen-bond donors (Lipinski definition) is 0. The maximum absolute atomic E-state index is 14.3. The van der Waals surface area contributed by atoms with Crippen LogP contribution >= 0.6 is 0 Å². The lowest BCUT2D eigenvalue weighted by molar-refractivity contribution is -0.231. The highest BCUT2D eigenvalue weighted by molar-refractivity contribution is 5.86. The van der Waals surface area contributed by atoms with E-state index in [1.165, 1.54) is 19.9 Å². The van der Waals surface area contributed by atoms with E-state index in [-0.39, 0.29) is 13.1 Å². The SMILES string of the molecule is CCCC/C=C/CC(F)(C(=O)N(CC)CC)C(F)(F)F. The lowest BCUT2D eigenvalue weighted by Gasteiger charge is -2.31. The van der Waals surface area contributed by atoms with Crippen molar-refractivity contribution in [2.45, 2.75) is 58.3 Å². The van der Waals surface area contributed by atoms with E-state index in [4.69, 9.17) is 0 Å². The predicted octanol–water partition coefficient (Wildman–Crippen LogP) is 4.26. The predicted molar refractivity (Wildman–Crippen MR) is 71.1 cm³/mol. The Labute approximate surface area is 117 Å². The molecule has 0 aromatic carbocycles. The summed E-state index contributed by atoms with van der Waals surface area (Å²) in [6, 6.07) is 0. The van der Waals surface area contributed by atoms with E-state index < -0.39 is 24.2 Å². The van der Waals surface area contributed by atoms with Gasteiger partial charge in [-0.05, 0) is 20.3 Å². The molecular formula is C14H23F4NO. The van der Waals surface area contributed by atoms with Crippen molar-refractivity contribution >= 4 is 5.91 Å². The van der Waals surface area contributed by atoms with Crippen molar-refractivity contribution in [3.63, 3.8) is 0 Å². The van der Waals surface area contributed by atoms with Crippen LogP contribution < -0.4 is 0 Å². The van der Waals surface area contributed by atoms with E-state index in [1.54, 1.807) is 0 Å². The molecule has 0 rings (SSSR count). The molecule has 2 nitrogen and oxygen atoms in total. The minimum Gasteiger partial charge on any atom is -0.340 e. The van der Waals surface area contributed by atoms with Gasteiger partial charge in [0.1, 0.15) is 0 Å². The Morgan fingerprint density at radius 2 is 1.60 bits per heavy atom. The Kier molecular flexibility index (Phi) is 7.83. The number of carbonyl (C=O) groups is 1. The topological polar surface area (TPSA) is 20.3 Å². The molecule has 0 saturated carbocycles. The van der Waals surface area contributed by atoms with Gasteiger partial charge in [0.2, 0.25) is 0 Å². The second kappa shape index (κ2) is 8.27. The maximum Gasteiger partial charge on any atom is 0.432 e. The molecule has 0 spiro atoms. The first kappa shape index (κ1) is 18.9. The first-order valence-corrected chi connectivity index (χ1v) is 6.94. The molecular weight excluding hydrogens is 274 g/mol. The zero-order chi connectivity index (χ0) is 15.8. The van der Waals surface area contributed by atoms with Crippen molar-refractivity contribution in [3.8, 4) is 0 Å². The highest BCUT2D eigenvalue weighted by Gasteiger charge is 2.61. The number of halogens is 4. The van der Waals surface area contributed by atoms with Gasteiger partial charge >= 0.3 is 6.18 Å². The number of rotatable bonds is 8.